The molecule has 0 saturated carbocycles. The van der Waals surface area contributed by atoms with Crippen LogP contribution in [0.15, 0.2) is 60.7 Å². The number of nitrogens with zero attached hydrogens (tertiary/aromatic N) is 2. The van der Waals surface area contributed by atoms with Gasteiger partial charge in [-0.2, -0.15) is 4.98 Å². The summed E-state index contributed by atoms with van der Waals surface area (Å²) >= 11 is 0. The normalized spacial score (nSPS) is 10.4. The highest BCUT2D eigenvalue weighted by molar-refractivity contribution is 5.64. The van der Waals surface area contributed by atoms with Crippen LogP contribution in [0, 0.1) is 6.92 Å². The van der Waals surface area contributed by atoms with Gasteiger partial charge in [0.05, 0.1) is 5.69 Å². The molecular formula is C20H22N4. The van der Waals surface area contributed by atoms with Gasteiger partial charge in [-0.25, -0.2) is 4.98 Å². The molecule has 0 aliphatic heterocycles. The van der Waals surface area contributed by atoms with Gasteiger partial charge in [0.15, 0.2) is 0 Å². The predicted octanol–water partition coefficient (Wildman–Crippen LogP) is 4.50. The van der Waals surface area contributed by atoms with Crippen molar-refractivity contribution < 1.29 is 0 Å². The molecule has 0 aliphatic carbocycles. The predicted molar refractivity (Wildman–Crippen MR) is 100 cm³/mol. The highest BCUT2D eigenvalue weighted by atomic mass is 15.1. The molecule has 24 heavy (non-hydrogen) atoms. The average molecular weight is 318 g/mol. The summed E-state index contributed by atoms with van der Waals surface area (Å²) in [5, 5.41) is 6.63. The summed E-state index contributed by atoms with van der Waals surface area (Å²) in [6, 6.07) is 20.5. The Labute approximate surface area is 143 Å². The van der Waals surface area contributed by atoms with Crippen molar-refractivity contribution in [2.45, 2.75) is 20.4 Å². The highest BCUT2D eigenvalue weighted by Crippen LogP contribution is 2.22. The molecule has 0 fully saturated rings. The fourth-order valence-corrected chi connectivity index (χ4v) is 2.53. The number of aryl methyl sites for hydroxylation is 1. The lowest BCUT2D eigenvalue weighted by molar-refractivity contribution is 1.05. The van der Waals surface area contributed by atoms with E-state index in [0.29, 0.717) is 5.95 Å². The summed E-state index contributed by atoms with van der Waals surface area (Å²) in [6.45, 7) is 5.69. The quantitative estimate of drug-likeness (QED) is 0.703. The highest BCUT2D eigenvalue weighted by Gasteiger charge is 2.06. The minimum absolute atomic E-state index is 0.645. The van der Waals surface area contributed by atoms with Crippen LogP contribution in [0.4, 0.5) is 11.8 Å². The Kier molecular flexibility index (Phi) is 5.06. The van der Waals surface area contributed by atoms with Gasteiger partial charge in [-0.3, -0.25) is 0 Å². The summed E-state index contributed by atoms with van der Waals surface area (Å²) in [4.78, 5) is 9.16. The number of hydrogen-bond donors (Lipinski definition) is 2. The number of hydrogen-bond acceptors (Lipinski definition) is 4. The van der Waals surface area contributed by atoms with Crippen molar-refractivity contribution in [1.82, 2.24) is 9.97 Å². The lowest BCUT2D eigenvalue weighted by Crippen LogP contribution is -2.08. The van der Waals surface area contributed by atoms with Gasteiger partial charge in [-0.05, 0) is 25.0 Å². The summed E-state index contributed by atoms with van der Waals surface area (Å²) in [5.41, 5.74) is 4.53. The lowest BCUT2D eigenvalue weighted by atomic mass is 10.1. The van der Waals surface area contributed by atoms with Gasteiger partial charge in [-0.15, -0.1) is 0 Å². The maximum absolute atomic E-state index is 4.60. The number of aromatic nitrogens is 2. The van der Waals surface area contributed by atoms with E-state index in [-0.39, 0.29) is 0 Å². The number of nitrogens with one attached hydrogen (secondary N) is 2. The third-order valence-corrected chi connectivity index (χ3v) is 3.85. The van der Waals surface area contributed by atoms with Crippen molar-refractivity contribution >= 4 is 11.8 Å². The molecule has 0 amide bonds. The molecule has 0 spiro atoms. The van der Waals surface area contributed by atoms with E-state index in [4.69, 9.17) is 0 Å². The smallest absolute Gasteiger partial charge is 0.225 e. The Morgan fingerprint density at radius 1 is 0.875 bits per heavy atom. The van der Waals surface area contributed by atoms with Gasteiger partial charge in [-0.1, -0.05) is 54.6 Å². The monoisotopic (exact) mass is 318 g/mol. The van der Waals surface area contributed by atoms with E-state index >= 15 is 0 Å². The van der Waals surface area contributed by atoms with Crippen LogP contribution in [-0.4, -0.2) is 16.5 Å². The van der Waals surface area contributed by atoms with Crippen molar-refractivity contribution in [2.24, 2.45) is 0 Å². The van der Waals surface area contributed by atoms with Crippen LogP contribution >= 0.6 is 0 Å². The first kappa shape index (κ1) is 16.0. The number of anilines is 2. The fourth-order valence-electron chi connectivity index (χ4n) is 2.53. The standard InChI is InChI=1S/C20H22N4/c1-3-21-20-23-18(16-10-5-4-6-11-16)13-19(24-20)22-14-17-12-8-7-9-15(17)2/h4-13H,3,14H2,1-2H3,(H2,21,22,23,24). The van der Waals surface area contributed by atoms with Gasteiger partial charge in [0.25, 0.3) is 0 Å². The molecule has 122 valence electrons. The molecule has 0 atom stereocenters. The zero-order chi connectivity index (χ0) is 16.8. The molecule has 3 rings (SSSR count). The third kappa shape index (κ3) is 3.90. The zero-order valence-corrected chi connectivity index (χ0v) is 14.1. The largest absolute Gasteiger partial charge is 0.366 e. The molecule has 0 saturated heterocycles. The second-order valence-corrected chi connectivity index (χ2v) is 5.64. The molecule has 3 aromatic rings. The van der Waals surface area contributed by atoms with Gasteiger partial charge in [0.2, 0.25) is 5.95 Å². The number of benzene rings is 2. The minimum Gasteiger partial charge on any atom is -0.366 e. The molecule has 4 nitrogen and oxygen atoms in total. The van der Waals surface area contributed by atoms with E-state index in [2.05, 4.69) is 63.9 Å². The molecule has 4 heteroatoms. The third-order valence-electron chi connectivity index (χ3n) is 3.85. The Morgan fingerprint density at radius 2 is 1.62 bits per heavy atom. The number of rotatable bonds is 6. The minimum atomic E-state index is 0.645. The SMILES string of the molecule is CCNc1nc(NCc2ccccc2C)cc(-c2ccccc2)n1. The second kappa shape index (κ2) is 7.59. The molecule has 2 aromatic carbocycles. The Balaban J connectivity index is 1.86. The van der Waals surface area contributed by atoms with Crippen molar-refractivity contribution in [1.29, 1.82) is 0 Å². The molecule has 0 radical (unpaired) electrons. The van der Waals surface area contributed by atoms with Crippen LogP contribution in [0.25, 0.3) is 11.3 Å². The van der Waals surface area contributed by atoms with Gasteiger partial charge in [0.1, 0.15) is 5.82 Å². The van der Waals surface area contributed by atoms with Crippen molar-refractivity contribution in [3.63, 3.8) is 0 Å². The summed E-state index contributed by atoms with van der Waals surface area (Å²) < 4.78 is 0. The van der Waals surface area contributed by atoms with Crippen molar-refractivity contribution in [2.75, 3.05) is 17.2 Å². The maximum Gasteiger partial charge on any atom is 0.225 e. The molecule has 0 bridgehead atoms. The van der Waals surface area contributed by atoms with Gasteiger partial charge >= 0.3 is 0 Å². The Morgan fingerprint density at radius 3 is 2.38 bits per heavy atom. The fraction of sp³-hybridized carbons (Fsp3) is 0.200. The molecular weight excluding hydrogens is 296 g/mol. The molecule has 0 aliphatic rings. The summed E-state index contributed by atoms with van der Waals surface area (Å²) in [7, 11) is 0. The second-order valence-electron chi connectivity index (χ2n) is 5.64. The topological polar surface area (TPSA) is 49.8 Å². The van der Waals surface area contributed by atoms with Crippen LogP contribution in [0.3, 0.4) is 0 Å². The Hall–Kier alpha value is -2.88. The summed E-state index contributed by atoms with van der Waals surface area (Å²) in [6.07, 6.45) is 0. The van der Waals surface area contributed by atoms with Crippen LogP contribution in [0.1, 0.15) is 18.1 Å². The van der Waals surface area contributed by atoms with Crippen LogP contribution in [-0.2, 0) is 6.54 Å². The first-order valence-corrected chi connectivity index (χ1v) is 8.23. The molecule has 2 N–H and O–H groups in total. The van der Waals surface area contributed by atoms with E-state index in [1.807, 2.05) is 31.2 Å². The van der Waals surface area contributed by atoms with Gasteiger partial charge in [0, 0.05) is 24.7 Å². The van der Waals surface area contributed by atoms with Crippen LogP contribution in [0.2, 0.25) is 0 Å². The zero-order valence-electron chi connectivity index (χ0n) is 14.1. The molecule has 1 aromatic heterocycles. The van der Waals surface area contributed by atoms with Crippen LogP contribution in [0.5, 0.6) is 0 Å². The van der Waals surface area contributed by atoms with Gasteiger partial charge < -0.3 is 10.6 Å². The van der Waals surface area contributed by atoms with E-state index in [1.54, 1.807) is 0 Å². The van der Waals surface area contributed by atoms with E-state index in [1.165, 1.54) is 11.1 Å². The summed E-state index contributed by atoms with van der Waals surface area (Å²) in [5.74, 6) is 1.47. The van der Waals surface area contributed by atoms with Crippen LogP contribution < -0.4 is 10.6 Å². The molecule has 0 unspecified atom stereocenters. The Bertz CT molecular complexity index is 800. The lowest BCUT2D eigenvalue weighted by Gasteiger charge is -2.12. The van der Waals surface area contributed by atoms with E-state index in [9.17, 15) is 0 Å². The van der Waals surface area contributed by atoms with E-state index in [0.717, 1.165) is 30.2 Å². The first-order valence-electron chi connectivity index (χ1n) is 8.23. The molecule has 1 heterocycles. The van der Waals surface area contributed by atoms with Crippen molar-refractivity contribution in [3.05, 3.63) is 71.8 Å². The average Bonchev–Trinajstić information content (AvgIpc) is 2.62. The van der Waals surface area contributed by atoms with Crippen molar-refractivity contribution in [3.8, 4) is 11.3 Å². The first-order chi connectivity index (χ1) is 11.8. The maximum atomic E-state index is 4.60. The van der Waals surface area contributed by atoms with E-state index < -0.39 is 0 Å².